The molecule has 0 unspecified atom stereocenters. The monoisotopic (exact) mass is 353 g/mol. The highest BCUT2D eigenvalue weighted by atomic mass is 79.9. The van der Waals surface area contributed by atoms with Gasteiger partial charge in [0, 0.05) is 13.0 Å². The number of hydrogen-bond acceptors (Lipinski definition) is 3. The van der Waals surface area contributed by atoms with Gasteiger partial charge in [-0.2, -0.15) is 0 Å². The summed E-state index contributed by atoms with van der Waals surface area (Å²) in [7, 11) is 0. The second-order valence-electron chi connectivity index (χ2n) is 4.67. The minimum absolute atomic E-state index is 0.594. The lowest BCUT2D eigenvalue weighted by Crippen LogP contribution is -2.14. The first kappa shape index (κ1) is 17.9. The highest BCUT2D eigenvalue weighted by Gasteiger charge is 2.12. The predicted molar refractivity (Wildman–Crippen MR) is 90.9 cm³/mol. The van der Waals surface area contributed by atoms with Crippen LogP contribution in [-0.4, -0.2) is 19.8 Å². The third-order valence-corrected chi connectivity index (χ3v) is 3.43. The van der Waals surface area contributed by atoms with Gasteiger partial charge in [0.05, 0.1) is 17.7 Å². The average Bonchev–Trinajstić information content (AvgIpc) is 2.46. The molecule has 0 spiro atoms. The molecule has 0 aliphatic heterocycles. The molecule has 0 radical (unpaired) electrons. The molecule has 0 aliphatic rings. The largest absolute Gasteiger partial charge is 0.490 e. The fourth-order valence-electron chi connectivity index (χ4n) is 1.88. The van der Waals surface area contributed by atoms with Crippen molar-refractivity contribution in [3.8, 4) is 23.8 Å². The van der Waals surface area contributed by atoms with Crippen LogP contribution in [0.25, 0.3) is 0 Å². The highest BCUT2D eigenvalue weighted by molar-refractivity contribution is 9.10. The van der Waals surface area contributed by atoms with Crippen LogP contribution in [0.3, 0.4) is 0 Å². The molecule has 0 fully saturated rings. The van der Waals surface area contributed by atoms with Gasteiger partial charge in [-0.1, -0.05) is 6.92 Å². The van der Waals surface area contributed by atoms with Crippen LogP contribution in [0.2, 0.25) is 0 Å². The van der Waals surface area contributed by atoms with Gasteiger partial charge in [-0.15, -0.1) is 12.3 Å². The smallest absolute Gasteiger partial charge is 0.175 e. The Labute approximate surface area is 136 Å². The third kappa shape index (κ3) is 6.41. The van der Waals surface area contributed by atoms with E-state index >= 15 is 0 Å². The first-order valence-electron chi connectivity index (χ1n) is 7.45. The summed E-state index contributed by atoms with van der Waals surface area (Å²) in [5.74, 6) is 4.15. The second-order valence-corrected chi connectivity index (χ2v) is 5.53. The molecule has 1 N–H and O–H groups in total. The van der Waals surface area contributed by atoms with Gasteiger partial charge in [0.25, 0.3) is 0 Å². The molecule has 1 rings (SSSR count). The summed E-state index contributed by atoms with van der Waals surface area (Å²) >= 11 is 3.57. The molecule has 0 aliphatic carbocycles. The molecular weight excluding hydrogens is 330 g/mol. The highest BCUT2D eigenvalue weighted by Crippen LogP contribution is 2.37. The van der Waals surface area contributed by atoms with Gasteiger partial charge in [-0.3, -0.25) is 0 Å². The van der Waals surface area contributed by atoms with Gasteiger partial charge in [0.1, 0.15) is 0 Å². The van der Waals surface area contributed by atoms with Crippen LogP contribution in [-0.2, 0) is 6.54 Å². The number of rotatable bonds is 10. The Hall–Kier alpha value is -1.18. The van der Waals surface area contributed by atoms with Crippen molar-refractivity contribution in [3.63, 3.8) is 0 Å². The van der Waals surface area contributed by atoms with Crippen molar-refractivity contribution < 1.29 is 9.47 Å². The summed E-state index contributed by atoms with van der Waals surface area (Å²) in [6.45, 7) is 7.16. The number of hydrogen-bond donors (Lipinski definition) is 1. The standard InChI is InChI=1S/C17H24BrNO2/c1-4-7-8-10-21-17-15(18)11-14(13-19-9-5-2)12-16(17)20-6-3/h1,11-12,19H,5-10,13H2,2-3H3. The molecule has 0 saturated carbocycles. The minimum Gasteiger partial charge on any atom is -0.490 e. The quantitative estimate of drug-likeness (QED) is 0.506. The van der Waals surface area contributed by atoms with Crippen molar-refractivity contribution in [2.24, 2.45) is 0 Å². The molecule has 0 bridgehead atoms. The summed E-state index contributed by atoms with van der Waals surface area (Å²) in [5.41, 5.74) is 1.18. The Bertz CT molecular complexity index is 469. The van der Waals surface area contributed by atoms with Gasteiger partial charge in [0.2, 0.25) is 0 Å². The third-order valence-electron chi connectivity index (χ3n) is 2.84. The zero-order valence-corrected chi connectivity index (χ0v) is 14.5. The van der Waals surface area contributed by atoms with E-state index < -0.39 is 0 Å². The lowest BCUT2D eigenvalue weighted by molar-refractivity contribution is 0.272. The maximum Gasteiger partial charge on any atom is 0.175 e. The molecule has 116 valence electrons. The topological polar surface area (TPSA) is 30.5 Å². The van der Waals surface area contributed by atoms with E-state index in [1.165, 1.54) is 5.56 Å². The van der Waals surface area contributed by atoms with Crippen molar-refractivity contribution in [1.29, 1.82) is 0 Å². The molecule has 0 amide bonds. The van der Waals surface area contributed by atoms with Crippen LogP contribution in [0, 0.1) is 12.3 Å². The van der Waals surface area contributed by atoms with E-state index in [1.807, 2.05) is 13.0 Å². The fourth-order valence-corrected chi connectivity index (χ4v) is 2.49. The van der Waals surface area contributed by atoms with Gasteiger partial charge in [0.15, 0.2) is 11.5 Å². The van der Waals surface area contributed by atoms with E-state index in [2.05, 4.69) is 40.2 Å². The van der Waals surface area contributed by atoms with Crippen LogP contribution in [0.5, 0.6) is 11.5 Å². The molecule has 0 aromatic heterocycles. The molecule has 4 heteroatoms. The summed E-state index contributed by atoms with van der Waals surface area (Å²) in [6.07, 6.45) is 7.93. The van der Waals surface area contributed by atoms with E-state index in [9.17, 15) is 0 Å². The Morgan fingerprint density at radius 2 is 2.10 bits per heavy atom. The van der Waals surface area contributed by atoms with E-state index in [0.29, 0.717) is 13.2 Å². The van der Waals surface area contributed by atoms with Crippen molar-refractivity contribution in [1.82, 2.24) is 5.32 Å². The zero-order valence-electron chi connectivity index (χ0n) is 12.9. The summed E-state index contributed by atoms with van der Waals surface area (Å²) in [5, 5.41) is 3.39. The average molecular weight is 354 g/mol. The Morgan fingerprint density at radius 1 is 1.29 bits per heavy atom. The van der Waals surface area contributed by atoms with Crippen molar-refractivity contribution in [2.75, 3.05) is 19.8 Å². The van der Waals surface area contributed by atoms with Crippen molar-refractivity contribution in [3.05, 3.63) is 22.2 Å². The number of unbranched alkanes of at least 4 members (excludes halogenated alkanes) is 1. The lowest BCUT2D eigenvalue weighted by Gasteiger charge is -2.15. The second kappa shape index (κ2) is 10.5. The van der Waals surface area contributed by atoms with Crippen molar-refractivity contribution >= 4 is 15.9 Å². The van der Waals surface area contributed by atoms with Crippen molar-refractivity contribution in [2.45, 2.75) is 39.7 Å². The molecule has 0 heterocycles. The molecule has 0 saturated heterocycles. The van der Waals surface area contributed by atoms with E-state index in [0.717, 1.165) is 48.3 Å². The Kier molecular flexibility index (Phi) is 8.96. The first-order chi connectivity index (χ1) is 10.2. The molecular formula is C17H24BrNO2. The lowest BCUT2D eigenvalue weighted by atomic mass is 10.2. The molecule has 0 atom stereocenters. The predicted octanol–water partition coefficient (Wildman–Crippen LogP) is 4.14. The normalized spacial score (nSPS) is 10.2. The maximum atomic E-state index is 5.82. The summed E-state index contributed by atoms with van der Waals surface area (Å²) in [4.78, 5) is 0. The first-order valence-corrected chi connectivity index (χ1v) is 8.24. The molecule has 3 nitrogen and oxygen atoms in total. The van der Waals surface area contributed by atoms with Gasteiger partial charge in [-0.25, -0.2) is 0 Å². The number of terminal acetylenes is 1. The minimum atomic E-state index is 0.594. The Balaban J connectivity index is 2.78. The van der Waals surface area contributed by atoms with E-state index in [4.69, 9.17) is 15.9 Å². The molecule has 1 aromatic rings. The van der Waals surface area contributed by atoms with Crippen LogP contribution in [0.15, 0.2) is 16.6 Å². The van der Waals surface area contributed by atoms with E-state index in [1.54, 1.807) is 0 Å². The fraction of sp³-hybridized carbons (Fsp3) is 0.529. The summed E-state index contributed by atoms with van der Waals surface area (Å²) < 4.78 is 12.4. The number of halogens is 1. The SMILES string of the molecule is C#CCCCOc1c(Br)cc(CNCCC)cc1OCC. The van der Waals surface area contributed by atoms with Crippen LogP contribution in [0.4, 0.5) is 0 Å². The number of nitrogens with one attached hydrogen (secondary N) is 1. The van der Waals surface area contributed by atoms with Gasteiger partial charge < -0.3 is 14.8 Å². The zero-order chi connectivity index (χ0) is 15.5. The van der Waals surface area contributed by atoms with Crippen LogP contribution in [0.1, 0.15) is 38.7 Å². The summed E-state index contributed by atoms with van der Waals surface area (Å²) in [6, 6.07) is 4.11. The molecule has 21 heavy (non-hydrogen) atoms. The van der Waals surface area contributed by atoms with E-state index in [-0.39, 0.29) is 0 Å². The Morgan fingerprint density at radius 3 is 2.76 bits per heavy atom. The van der Waals surface area contributed by atoms with Crippen LogP contribution >= 0.6 is 15.9 Å². The molecule has 1 aromatic carbocycles. The van der Waals surface area contributed by atoms with Gasteiger partial charge >= 0.3 is 0 Å². The number of ether oxygens (including phenoxy) is 2. The maximum absolute atomic E-state index is 5.82. The number of benzene rings is 1. The van der Waals surface area contributed by atoms with Gasteiger partial charge in [-0.05, 0) is 59.9 Å². The van der Waals surface area contributed by atoms with Crippen LogP contribution < -0.4 is 14.8 Å².